The van der Waals surface area contributed by atoms with Crippen molar-refractivity contribution in [2.45, 2.75) is 19.9 Å². The van der Waals surface area contributed by atoms with Crippen LogP contribution in [0, 0.1) is 5.92 Å². The van der Waals surface area contributed by atoms with Crippen LogP contribution in [0.3, 0.4) is 0 Å². The predicted octanol–water partition coefficient (Wildman–Crippen LogP) is 0.992. The Balaban J connectivity index is 2.28. The molecule has 6 heteroatoms. The van der Waals surface area contributed by atoms with Gasteiger partial charge >= 0.3 is 12.0 Å². The van der Waals surface area contributed by atoms with E-state index in [1.54, 1.807) is 31.5 Å². The third kappa shape index (κ3) is 4.82. The monoisotopic (exact) mass is 251 g/mol. The lowest BCUT2D eigenvalue weighted by atomic mass is 10.1. The number of amides is 2. The Morgan fingerprint density at radius 3 is 2.56 bits per heavy atom. The third-order valence-electron chi connectivity index (χ3n) is 2.55. The zero-order valence-electron chi connectivity index (χ0n) is 10.2. The number of carboxylic acids is 1. The Labute approximate surface area is 105 Å². The van der Waals surface area contributed by atoms with Crippen LogP contribution in [0.1, 0.15) is 18.9 Å². The number of carbonyl (C=O) groups excluding carboxylic acids is 1. The van der Waals surface area contributed by atoms with Crippen molar-refractivity contribution in [3.05, 3.63) is 30.1 Å². The number of hydrogen-bond acceptors (Lipinski definition) is 3. The summed E-state index contributed by atoms with van der Waals surface area (Å²) in [6.07, 6.45) is 3.78. The molecule has 1 atom stereocenters. The maximum atomic E-state index is 11.4. The molecule has 0 aliphatic carbocycles. The van der Waals surface area contributed by atoms with Gasteiger partial charge in [-0.3, -0.25) is 9.78 Å². The molecule has 3 N–H and O–H groups in total. The second kappa shape index (κ2) is 7.26. The number of hydrogen-bond donors (Lipinski definition) is 3. The quantitative estimate of drug-likeness (QED) is 0.703. The van der Waals surface area contributed by atoms with Gasteiger partial charge in [0, 0.05) is 25.5 Å². The molecule has 0 fully saturated rings. The van der Waals surface area contributed by atoms with E-state index in [9.17, 15) is 9.59 Å². The lowest BCUT2D eigenvalue weighted by Gasteiger charge is -2.11. The molecule has 0 radical (unpaired) electrons. The highest BCUT2D eigenvalue weighted by Crippen LogP contribution is 2.00. The Kier molecular flexibility index (Phi) is 5.63. The number of urea groups is 1. The van der Waals surface area contributed by atoms with Gasteiger partial charge < -0.3 is 15.7 Å². The van der Waals surface area contributed by atoms with Gasteiger partial charge in [0.05, 0.1) is 5.92 Å². The van der Waals surface area contributed by atoms with Crippen LogP contribution in [0.15, 0.2) is 24.5 Å². The van der Waals surface area contributed by atoms with Gasteiger partial charge in [0.2, 0.25) is 0 Å². The summed E-state index contributed by atoms with van der Waals surface area (Å²) in [6.45, 7) is 2.29. The minimum absolute atomic E-state index is 0.133. The smallest absolute Gasteiger partial charge is 0.315 e. The highest BCUT2D eigenvalue weighted by Gasteiger charge is 2.15. The molecule has 0 spiro atoms. The van der Waals surface area contributed by atoms with Crippen molar-refractivity contribution in [2.24, 2.45) is 5.92 Å². The van der Waals surface area contributed by atoms with E-state index < -0.39 is 11.9 Å². The number of aromatic nitrogens is 1. The van der Waals surface area contributed by atoms with Crippen LogP contribution >= 0.6 is 0 Å². The zero-order valence-corrected chi connectivity index (χ0v) is 10.2. The van der Waals surface area contributed by atoms with Gasteiger partial charge in [0.15, 0.2) is 0 Å². The molecule has 1 aromatic rings. The summed E-state index contributed by atoms with van der Waals surface area (Å²) in [5, 5.41) is 14.0. The normalized spacial score (nSPS) is 11.6. The Morgan fingerprint density at radius 2 is 2.00 bits per heavy atom. The van der Waals surface area contributed by atoms with Crippen molar-refractivity contribution in [3.8, 4) is 0 Å². The van der Waals surface area contributed by atoms with E-state index in [2.05, 4.69) is 15.6 Å². The molecule has 1 aromatic heterocycles. The number of aliphatic carboxylic acids is 1. The number of pyridine rings is 1. The summed E-state index contributed by atoms with van der Waals surface area (Å²) in [6, 6.07) is 3.23. The summed E-state index contributed by atoms with van der Waals surface area (Å²) in [4.78, 5) is 26.0. The van der Waals surface area contributed by atoms with Crippen molar-refractivity contribution in [1.29, 1.82) is 0 Å². The first-order chi connectivity index (χ1) is 8.63. The van der Waals surface area contributed by atoms with Crippen molar-refractivity contribution in [1.82, 2.24) is 15.6 Å². The van der Waals surface area contributed by atoms with Crippen LogP contribution in [-0.2, 0) is 11.3 Å². The fourth-order valence-electron chi connectivity index (χ4n) is 1.37. The van der Waals surface area contributed by atoms with Gasteiger partial charge in [-0.2, -0.15) is 0 Å². The highest BCUT2D eigenvalue weighted by atomic mass is 16.4. The van der Waals surface area contributed by atoms with E-state index in [-0.39, 0.29) is 12.6 Å². The van der Waals surface area contributed by atoms with Gasteiger partial charge in [-0.25, -0.2) is 4.79 Å². The van der Waals surface area contributed by atoms with E-state index in [0.29, 0.717) is 13.0 Å². The van der Waals surface area contributed by atoms with Crippen LogP contribution < -0.4 is 10.6 Å². The second-order valence-electron chi connectivity index (χ2n) is 3.86. The minimum atomic E-state index is -0.896. The average Bonchev–Trinajstić information content (AvgIpc) is 2.38. The summed E-state index contributed by atoms with van der Waals surface area (Å²) in [5.41, 5.74) is 0.936. The predicted molar refractivity (Wildman–Crippen MR) is 65.9 cm³/mol. The lowest BCUT2D eigenvalue weighted by molar-refractivity contribution is -0.141. The van der Waals surface area contributed by atoms with Crippen molar-refractivity contribution in [3.63, 3.8) is 0 Å². The van der Waals surface area contributed by atoms with Gasteiger partial charge in [-0.15, -0.1) is 0 Å². The van der Waals surface area contributed by atoms with Crippen molar-refractivity contribution >= 4 is 12.0 Å². The zero-order chi connectivity index (χ0) is 13.4. The van der Waals surface area contributed by atoms with E-state index in [1.165, 1.54) is 0 Å². The molecule has 1 rings (SSSR count). The number of carbonyl (C=O) groups is 2. The molecule has 2 amide bonds. The van der Waals surface area contributed by atoms with Gasteiger partial charge in [0.1, 0.15) is 0 Å². The third-order valence-corrected chi connectivity index (χ3v) is 2.55. The maximum Gasteiger partial charge on any atom is 0.315 e. The molecule has 1 unspecified atom stereocenters. The van der Waals surface area contributed by atoms with Gasteiger partial charge in [-0.1, -0.05) is 6.92 Å². The van der Waals surface area contributed by atoms with Gasteiger partial charge in [-0.05, 0) is 24.1 Å². The van der Waals surface area contributed by atoms with Crippen LogP contribution in [0.25, 0.3) is 0 Å². The molecule has 1 heterocycles. The number of rotatable bonds is 6. The van der Waals surface area contributed by atoms with Crippen LogP contribution in [0.4, 0.5) is 4.79 Å². The molecule has 0 saturated carbocycles. The topological polar surface area (TPSA) is 91.3 Å². The molecule has 0 aliphatic rings. The lowest BCUT2D eigenvalue weighted by Crippen LogP contribution is -2.39. The van der Waals surface area contributed by atoms with Crippen LogP contribution in [0.2, 0.25) is 0 Å². The molecular weight excluding hydrogens is 234 g/mol. The molecule has 0 aliphatic heterocycles. The van der Waals surface area contributed by atoms with Crippen molar-refractivity contribution in [2.75, 3.05) is 6.54 Å². The van der Waals surface area contributed by atoms with Gasteiger partial charge in [0.25, 0.3) is 0 Å². The van der Waals surface area contributed by atoms with E-state index in [4.69, 9.17) is 5.11 Å². The van der Waals surface area contributed by atoms with Crippen LogP contribution in [-0.4, -0.2) is 28.6 Å². The average molecular weight is 251 g/mol. The maximum absolute atomic E-state index is 11.4. The standard InChI is InChI=1S/C12H17N3O3/c1-2-10(11(16)17)8-15-12(18)14-7-9-3-5-13-6-4-9/h3-6,10H,2,7-8H2,1H3,(H,16,17)(H2,14,15,18). The molecule has 6 nitrogen and oxygen atoms in total. The van der Waals surface area contributed by atoms with E-state index in [0.717, 1.165) is 5.56 Å². The fraction of sp³-hybridized carbons (Fsp3) is 0.417. The Morgan fingerprint density at radius 1 is 1.33 bits per heavy atom. The Bertz CT molecular complexity index is 395. The summed E-state index contributed by atoms with van der Waals surface area (Å²) in [7, 11) is 0. The molecule has 0 saturated heterocycles. The SMILES string of the molecule is CCC(CNC(=O)NCc1ccncc1)C(=O)O. The first-order valence-corrected chi connectivity index (χ1v) is 5.77. The number of carboxylic acid groups (broad SMARTS) is 1. The molecule has 18 heavy (non-hydrogen) atoms. The summed E-state index contributed by atoms with van der Waals surface area (Å²) < 4.78 is 0. The molecule has 0 bridgehead atoms. The second-order valence-corrected chi connectivity index (χ2v) is 3.86. The summed E-state index contributed by atoms with van der Waals surface area (Å²) in [5.74, 6) is -1.44. The van der Waals surface area contributed by atoms with E-state index >= 15 is 0 Å². The minimum Gasteiger partial charge on any atom is -0.481 e. The first-order valence-electron chi connectivity index (χ1n) is 5.77. The Hall–Kier alpha value is -2.11. The molecule has 0 aromatic carbocycles. The number of nitrogens with zero attached hydrogens (tertiary/aromatic N) is 1. The largest absolute Gasteiger partial charge is 0.481 e. The summed E-state index contributed by atoms with van der Waals surface area (Å²) >= 11 is 0. The van der Waals surface area contributed by atoms with Crippen LogP contribution in [0.5, 0.6) is 0 Å². The fourth-order valence-corrected chi connectivity index (χ4v) is 1.37. The molecule has 98 valence electrons. The van der Waals surface area contributed by atoms with E-state index in [1.807, 2.05) is 0 Å². The highest BCUT2D eigenvalue weighted by molar-refractivity contribution is 5.75. The first kappa shape index (κ1) is 14.0. The number of nitrogens with one attached hydrogen (secondary N) is 2. The van der Waals surface area contributed by atoms with Crippen molar-refractivity contribution < 1.29 is 14.7 Å². The molecular formula is C12H17N3O3.